The summed E-state index contributed by atoms with van der Waals surface area (Å²) in [7, 11) is 0. The number of thiazole rings is 1. The molecule has 0 saturated heterocycles. The van der Waals surface area contributed by atoms with E-state index >= 15 is 0 Å². The summed E-state index contributed by atoms with van der Waals surface area (Å²) in [6.07, 6.45) is 8.40. The highest BCUT2D eigenvalue weighted by Gasteiger charge is 2.14. The van der Waals surface area contributed by atoms with Gasteiger partial charge in [0, 0.05) is 17.3 Å². The molecule has 3 heterocycles. The number of hydrogen-bond acceptors (Lipinski definition) is 7. The molecule has 0 atom stereocenters. The molecule has 3 aromatic heterocycles. The number of hydrogen-bond donors (Lipinski definition) is 0. The van der Waals surface area contributed by atoms with Crippen molar-refractivity contribution in [3.63, 3.8) is 0 Å². The lowest BCUT2D eigenvalue weighted by Gasteiger charge is -2.07. The van der Waals surface area contributed by atoms with E-state index in [2.05, 4.69) is 17.0 Å². The summed E-state index contributed by atoms with van der Waals surface area (Å²) < 4.78 is 28.4. The van der Waals surface area contributed by atoms with Gasteiger partial charge in [0.25, 0.3) is 5.56 Å². The Morgan fingerprint density at radius 1 is 0.833 bits per heavy atom. The zero-order valence-electron chi connectivity index (χ0n) is 26.0. The van der Waals surface area contributed by atoms with Gasteiger partial charge in [-0.1, -0.05) is 66.8 Å². The molecular weight excluding hydrogens is 626 g/mol. The average Bonchev–Trinajstić information content (AvgIpc) is 3.81. The molecule has 0 aliphatic heterocycles. The van der Waals surface area contributed by atoms with Crippen LogP contribution in [0.15, 0.2) is 114 Å². The van der Waals surface area contributed by atoms with Gasteiger partial charge in [0.2, 0.25) is 4.96 Å². The lowest BCUT2D eigenvalue weighted by molar-refractivity contribution is 0.306. The van der Waals surface area contributed by atoms with Gasteiger partial charge in [-0.3, -0.25) is 4.79 Å². The van der Waals surface area contributed by atoms with Gasteiger partial charge in [-0.2, -0.15) is 14.6 Å². The van der Waals surface area contributed by atoms with Gasteiger partial charge in [0.05, 0.1) is 16.8 Å². The van der Waals surface area contributed by atoms with Gasteiger partial charge < -0.3 is 9.47 Å². The molecule has 0 aliphatic rings. The Morgan fingerprint density at radius 3 is 2.29 bits per heavy atom. The van der Waals surface area contributed by atoms with Crippen LogP contribution in [0.1, 0.15) is 35.9 Å². The van der Waals surface area contributed by atoms with Crippen LogP contribution in [0, 0.1) is 5.82 Å². The maximum absolute atomic E-state index is 13.5. The molecular formula is C38H30FN5O3S. The summed E-state index contributed by atoms with van der Waals surface area (Å²) in [6, 6.07) is 31.4. The van der Waals surface area contributed by atoms with Gasteiger partial charge in [-0.15, -0.1) is 5.10 Å². The Labute approximate surface area is 279 Å². The van der Waals surface area contributed by atoms with Crippen LogP contribution in [0.5, 0.6) is 11.5 Å². The minimum atomic E-state index is -0.282. The van der Waals surface area contributed by atoms with Crippen LogP contribution in [-0.4, -0.2) is 31.0 Å². The molecule has 0 aliphatic carbocycles. The molecule has 10 heteroatoms. The molecule has 0 bridgehead atoms. The van der Waals surface area contributed by atoms with Crippen LogP contribution in [0.3, 0.4) is 0 Å². The summed E-state index contributed by atoms with van der Waals surface area (Å²) in [5, 5.41) is 9.35. The van der Waals surface area contributed by atoms with E-state index in [0.717, 1.165) is 40.1 Å². The number of aromatic nitrogens is 5. The third kappa shape index (κ3) is 6.93. The maximum Gasteiger partial charge on any atom is 0.291 e. The van der Waals surface area contributed by atoms with Crippen molar-refractivity contribution < 1.29 is 13.9 Å². The second-order valence-corrected chi connectivity index (χ2v) is 12.0. The van der Waals surface area contributed by atoms with Crippen LogP contribution in [0.2, 0.25) is 0 Å². The Hall–Kier alpha value is -5.87. The predicted octanol–water partition coefficient (Wildman–Crippen LogP) is 7.23. The first-order chi connectivity index (χ1) is 23.5. The zero-order chi connectivity index (χ0) is 32.9. The normalized spacial score (nSPS) is 11.9. The smallest absolute Gasteiger partial charge is 0.291 e. The largest absolute Gasteiger partial charge is 0.494 e. The number of halogens is 1. The lowest BCUT2D eigenvalue weighted by Crippen LogP contribution is -2.23. The monoisotopic (exact) mass is 655 g/mol. The Morgan fingerprint density at radius 2 is 1.56 bits per heavy atom. The fourth-order valence-electron chi connectivity index (χ4n) is 5.01. The van der Waals surface area contributed by atoms with E-state index in [4.69, 9.17) is 14.6 Å². The third-order valence-corrected chi connectivity index (χ3v) is 8.43. The van der Waals surface area contributed by atoms with Crippen molar-refractivity contribution in [2.75, 3.05) is 6.61 Å². The van der Waals surface area contributed by atoms with Crippen molar-refractivity contribution in [1.29, 1.82) is 0 Å². The summed E-state index contributed by atoms with van der Waals surface area (Å²) in [5.74, 6) is 1.68. The van der Waals surface area contributed by atoms with E-state index in [1.807, 2.05) is 97.2 Å². The van der Waals surface area contributed by atoms with E-state index in [1.165, 1.54) is 28.0 Å². The van der Waals surface area contributed by atoms with Crippen LogP contribution in [-0.2, 0) is 6.61 Å². The molecule has 0 amide bonds. The molecule has 7 rings (SSSR count). The third-order valence-electron chi connectivity index (χ3n) is 7.47. The predicted molar refractivity (Wildman–Crippen MR) is 187 cm³/mol. The summed E-state index contributed by atoms with van der Waals surface area (Å²) in [5.41, 5.74) is 4.82. The first-order valence-electron chi connectivity index (χ1n) is 15.5. The van der Waals surface area contributed by atoms with Crippen molar-refractivity contribution in [1.82, 2.24) is 24.4 Å². The number of ether oxygens (including phenoxy) is 2. The Kier molecular flexibility index (Phi) is 8.88. The summed E-state index contributed by atoms with van der Waals surface area (Å²) >= 11 is 1.28. The first kappa shape index (κ1) is 30.8. The van der Waals surface area contributed by atoms with Gasteiger partial charge in [-0.25, -0.2) is 9.07 Å². The fourth-order valence-corrected chi connectivity index (χ4v) is 5.92. The number of para-hydroxylation sites is 1. The molecule has 4 aromatic carbocycles. The minimum Gasteiger partial charge on any atom is -0.494 e. The molecule has 8 nitrogen and oxygen atoms in total. The van der Waals surface area contributed by atoms with Crippen molar-refractivity contribution >= 4 is 34.5 Å². The lowest BCUT2D eigenvalue weighted by atomic mass is 10.1. The number of rotatable bonds is 11. The van der Waals surface area contributed by atoms with Gasteiger partial charge in [-0.05, 0) is 90.4 Å². The van der Waals surface area contributed by atoms with Gasteiger partial charge in [0.1, 0.15) is 29.6 Å². The molecule has 0 unspecified atom stereocenters. The van der Waals surface area contributed by atoms with Crippen LogP contribution in [0.25, 0.3) is 40.1 Å². The van der Waals surface area contributed by atoms with Crippen molar-refractivity contribution in [2.45, 2.75) is 20.0 Å². The molecule has 0 radical (unpaired) electrons. The van der Waals surface area contributed by atoms with E-state index in [-0.39, 0.29) is 11.4 Å². The molecule has 238 valence electrons. The summed E-state index contributed by atoms with van der Waals surface area (Å²) in [4.78, 5) is 18.5. The minimum absolute atomic E-state index is 0.248. The van der Waals surface area contributed by atoms with Crippen molar-refractivity contribution in [3.8, 4) is 28.4 Å². The van der Waals surface area contributed by atoms with Gasteiger partial charge in [0.15, 0.2) is 5.82 Å². The Balaban J connectivity index is 1.16. The second-order valence-electron chi connectivity index (χ2n) is 11.0. The molecule has 0 saturated carbocycles. The van der Waals surface area contributed by atoms with E-state index in [0.29, 0.717) is 40.0 Å². The van der Waals surface area contributed by atoms with Crippen LogP contribution >= 0.6 is 11.3 Å². The van der Waals surface area contributed by atoms with Crippen LogP contribution in [0.4, 0.5) is 4.39 Å². The van der Waals surface area contributed by atoms with Crippen molar-refractivity contribution in [3.05, 3.63) is 153 Å². The molecule has 7 aromatic rings. The highest BCUT2D eigenvalue weighted by molar-refractivity contribution is 7.15. The van der Waals surface area contributed by atoms with E-state index in [1.54, 1.807) is 22.9 Å². The highest BCUT2D eigenvalue weighted by Crippen LogP contribution is 2.27. The summed E-state index contributed by atoms with van der Waals surface area (Å²) in [6.45, 7) is 3.07. The number of fused-ring (bicyclic) bond motifs is 1. The van der Waals surface area contributed by atoms with Gasteiger partial charge >= 0.3 is 0 Å². The van der Waals surface area contributed by atoms with E-state index in [9.17, 15) is 9.18 Å². The topological polar surface area (TPSA) is 83.5 Å². The molecule has 48 heavy (non-hydrogen) atoms. The molecule has 0 N–H and O–H groups in total. The average molecular weight is 656 g/mol. The maximum atomic E-state index is 13.5. The molecule has 0 spiro atoms. The zero-order valence-corrected chi connectivity index (χ0v) is 26.8. The second kappa shape index (κ2) is 13.9. The fraction of sp³-hybridized carbons (Fsp3) is 0.105. The molecule has 0 fully saturated rings. The number of nitrogens with zero attached hydrogens (tertiary/aromatic N) is 5. The Bertz CT molecular complexity index is 2290. The van der Waals surface area contributed by atoms with Crippen molar-refractivity contribution in [2.24, 2.45) is 0 Å². The standard InChI is InChI=1S/C38H30FN5O3S/c1-2-22-46-32-17-10-26(11-18-32)12-21-35-40-38-44(41-35)37(45)34(48-38)23-29-24-43(31-6-4-3-5-7-31)42-36(29)28-13-19-33(20-14-28)47-25-27-8-15-30(39)16-9-27/h3-21,23-24H,2,22,25H2,1H3/b21-12+,34-23-. The number of benzene rings is 4. The van der Waals surface area contributed by atoms with E-state index < -0.39 is 0 Å². The quantitative estimate of drug-likeness (QED) is 0.146. The van der Waals surface area contributed by atoms with Crippen LogP contribution < -0.4 is 19.6 Å². The highest BCUT2D eigenvalue weighted by atomic mass is 32.1. The first-order valence-corrected chi connectivity index (χ1v) is 16.3. The SMILES string of the molecule is CCCOc1ccc(/C=C/c2nc3s/c(=C\c4cn(-c5ccccc5)nc4-c4ccc(OCc5ccc(F)cc5)cc4)c(=O)n3n2)cc1.